The van der Waals surface area contributed by atoms with Crippen LogP contribution in [0.15, 0.2) is 46.9 Å². The normalized spacial score (nSPS) is 18.7. The first kappa shape index (κ1) is 21.2. The molecule has 3 aromatic rings. The van der Waals surface area contributed by atoms with Crippen LogP contribution in [0.1, 0.15) is 36.0 Å². The van der Waals surface area contributed by atoms with Gasteiger partial charge in [-0.25, -0.2) is 4.98 Å². The molecule has 0 aliphatic carbocycles. The molecule has 32 heavy (non-hydrogen) atoms. The molecule has 7 nitrogen and oxygen atoms in total. The van der Waals surface area contributed by atoms with Crippen molar-refractivity contribution in [2.45, 2.75) is 31.8 Å². The number of hydrogen-bond acceptors (Lipinski definition) is 6. The van der Waals surface area contributed by atoms with Crippen molar-refractivity contribution in [3.8, 4) is 0 Å². The number of halogens is 1. The van der Waals surface area contributed by atoms with E-state index in [9.17, 15) is 14.4 Å². The molecule has 2 fully saturated rings. The van der Waals surface area contributed by atoms with E-state index in [2.05, 4.69) is 15.9 Å². The third-order valence-corrected chi connectivity index (χ3v) is 7.16. The zero-order valence-electron chi connectivity index (χ0n) is 17.1. The van der Waals surface area contributed by atoms with Crippen molar-refractivity contribution in [3.63, 3.8) is 0 Å². The first-order valence-corrected chi connectivity index (χ1v) is 12.1. The van der Waals surface area contributed by atoms with Gasteiger partial charge in [-0.2, -0.15) is 0 Å². The highest BCUT2D eigenvalue weighted by Crippen LogP contribution is 2.33. The van der Waals surface area contributed by atoms with E-state index in [1.165, 1.54) is 11.3 Å². The monoisotopic (exact) mass is 513 g/mol. The van der Waals surface area contributed by atoms with E-state index < -0.39 is 0 Å². The third-order valence-electron chi connectivity index (χ3n) is 5.63. The summed E-state index contributed by atoms with van der Waals surface area (Å²) in [6.45, 7) is 1.08. The number of aromatic nitrogens is 1. The molecule has 2 aliphatic rings. The number of benzene rings is 2. The van der Waals surface area contributed by atoms with Crippen LogP contribution in [-0.2, 0) is 14.3 Å². The smallest absolute Gasteiger partial charge is 0.260 e. The largest absolute Gasteiger partial charge is 0.376 e. The molecule has 2 aromatic carbocycles. The Hall–Kier alpha value is -2.62. The molecule has 1 atom stereocenters. The van der Waals surface area contributed by atoms with E-state index in [0.29, 0.717) is 29.5 Å². The van der Waals surface area contributed by atoms with E-state index >= 15 is 0 Å². The summed E-state index contributed by atoms with van der Waals surface area (Å²) >= 11 is 4.93. The summed E-state index contributed by atoms with van der Waals surface area (Å²) in [6.07, 6.45) is 2.19. The lowest BCUT2D eigenvalue weighted by Gasteiger charge is -2.23. The summed E-state index contributed by atoms with van der Waals surface area (Å²) in [7, 11) is 0. The molecule has 1 unspecified atom stereocenters. The van der Waals surface area contributed by atoms with Gasteiger partial charge in [0.2, 0.25) is 11.8 Å². The van der Waals surface area contributed by atoms with Gasteiger partial charge < -0.3 is 4.74 Å². The van der Waals surface area contributed by atoms with Gasteiger partial charge in [-0.1, -0.05) is 33.3 Å². The van der Waals surface area contributed by atoms with Crippen LogP contribution in [0.2, 0.25) is 0 Å². The molecule has 1 aromatic heterocycles. The zero-order chi connectivity index (χ0) is 22.2. The first-order valence-electron chi connectivity index (χ1n) is 10.4. The molecule has 3 amide bonds. The molecular formula is C23H20BrN3O4S. The van der Waals surface area contributed by atoms with Gasteiger partial charge in [0, 0.05) is 29.5 Å². The average Bonchev–Trinajstić information content (AvgIpc) is 3.52. The molecule has 3 heterocycles. The van der Waals surface area contributed by atoms with E-state index in [1.54, 1.807) is 29.2 Å². The molecule has 9 heteroatoms. The Kier molecular flexibility index (Phi) is 5.79. The van der Waals surface area contributed by atoms with Gasteiger partial charge in [0.25, 0.3) is 5.91 Å². The van der Waals surface area contributed by atoms with E-state index in [4.69, 9.17) is 9.72 Å². The van der Waals surface area contributed by atoms with E-state index in [-0.39, 0.29) is 36.7 Å². The molecular weight excluding hydrogens is 494 g/mol. The first-order chi connectivity index (χ1) is 15.5. The molecule has 5 rings (SSSR count). The van der Waals surface area contributed by atoms with Crippen LogP contribution in [-0.4, -0.2) is 42.0 Å². The number of thiazole rings is 1. The van der Waals surface area contributed by atoms with Crippen molar-refractivity contribution in [1.29, 1.82) is 0 Å². The van der Waals surface area contributed by atoms with Crippen molar-refractivity contribution < 1.29 is 19.1 Å². The Morgan fingerprint density at radius 2 is 2.00 bits per heavy atom. The second-order valence-electron chi connectivity index (χ2n) is 7.83. The maximum atomic E-state index is 13.6. The van der Waals surface area contributed by atoms with Crippen molar-refractivity contribution in [2.24, 2.45) is 0 Å². The maximum absolute atomic E-state index is 13.6. The number of ether oxygens (including phenoxy) is 1. The Balaban J connectivity index is 1.50. The predicted octanol–water partition coefficient (Wildman–Crippen LogP) is 4.54. The van der Waals surface area contributed by atoms with E-state index in [0.717, 1.165) is 32.4 Å². The summed E-state index contributed by atoms with van der Waals surface area (Å²) in [4.78, 5) is 45.5. The van der Waals surface area contributed by atoms with Crippen LogP contribution < -0.4 is 9.80 Å². The lowest BCUT2D eigenvalue weighted by Crippen LogP contribution is -2.37. The maximum Gasteiger partial charge on any atom is 0.260 e. The number of amides is 3. The Morgan fingerprint density at radius 1 is 1.19 bits per heavy atom. The number of carbonyl (C=O) groups excluding carboxylic acids is 3. The number of rotatable bonds is 5. The second-order valence-corrected chi connectivity index (χ2v) is 9.76. The number of fused-ring (bicyclic) bond motifs is 1. The second kappa shape index (κ2) is 8.73. The molecule has 0 radical (unpaired) electrons. The highest BCUT2D eigenvalue weighted by atomic mass is 79.9. The summed E-state index contributed by atoms with van der Waals surface area (Å²) < 4.78 is 7.72. The minimum Gasteiger partial charge on any atom is -0.376 e. The highest BCUT2D eigenvalue weighted by molar-refractivity contribution is 9.10. The SMILES string of the molecule is O=C(c1cccc(N2C(=O)CCC2=O)c1)N(CC1CCCO1)c1nc2ccc(Br)cc2s1. The quantitative estimate of drug-likeness (QED) is 0.468. The molecule has 2 saturated heterocycles. The molecule has 0 bridgehead atoms. The number of hydrogen-bond donors (Lipinski definition) is 0. The van der Waals surface area contributed by atoms with Crippen molar-refractivity contribution in [1.82, 2.24) is 4.98 Å². The lowest BCUT2D eigenvalue weighted by atomic mass is 10.1. The molecule has 164 valence electrons. The van der Waals surface area contributed by atoms with Crippen LogP contribution in [0.5, 0.6) is 0 Å². The van der Waals surface area contributed by atoms with Gasteiger partial charge in [-0.3, -0.25) is 24.2 Å². The Bertz CT molecular complexity index is 1200. The van der Waals surface area contributed by atoms with E-state index in [1.807, 2.05) is 18.2 Å². The molecule has 0 N–H and O–H groups in total. The van der Waals surface area contributed by atoms with Gasteiger partial charge in [-0.15, -0.1) is 0 Å². The molecule has 0 saturated carbocycles. The minimum absolute atomic E-state index is 0.0531. The number of imide groups is 1. The number of carbonyl (C=O) groups is 3. The van der Waals surface area contributed by atoms with Crippen LogP contribution >= 0.6 is 27.3 Å². The Morgan fingerprint density at radius 3 is 2.75 bits per heavy atom. The average molecular weight is 514 g/mol. The van der Waals surface area contributed by atoms with Gasteiger partial charge >= 0.3 is 0 Å². The predicted molar refractivity (Wildman–Crippen MR) is 126 cm³/mol. The summed E-state index contributed by atoms with van der Waals surface area (Å²) in [6, 6.07) is 12.5. The van der Waals surface area contributed by atoms with Gasteiger partial charge in [-0.05, 0) is 49.2 Å². The van der Waals surface area contributed by atoms with Crippen molar-refractivity contribution >= 4 is 66.0 Å². The minimum atomic E-state index is -0.243. The molecule has 0 spiro atoms. The van der Waals surface area contributed by atoms with Gasteiger partial charge in [0.05, 0.1) is 28.6 Å². The summed E-state index contributed by atoms with van der Waals surface area (Å²) in [5.74, 6) is -0.723. The van der Waals surface area contributed by atoms with Crippen molar-refractivity contribution in [2.75, 3.05) is 23.0 Å². The fraction of sp³-hybridized carbons (Fsp3) is 0.304. The topological polar surface area (TPSA) is 79.8 Å². The van der Waals surface area contributed by atoms with Crippen LogP contribution in [0.3, 0.4) is 0 Å². The third kappa shape index (κ3) is 4.07. The van der Waals surface area contributed by atoms with Gasteiger partial charge in [0.1, 0.15) is 0 Å². The van der Waals surface area contributed by atoms with Gasteiger partial charge in [0.15, 0.2) is 5.13 Å². The Labute approximate surface area is 197 Å². The lowest BCUT2D eigenvalue weighted by molar-refractivity contribution is -0.121. The number of nitrogens with zero attached hydrogens (tertiary/aromatic N) is 3. The van der Waals surface area contributed by atoms with Crippen LogP contribution in [0, 0.1) is 0 Å². The fourth-order valence-corrected chi connectivity index (χ4v) is 5.57. The highest BCUT2D eigenvalue weighted by Gasteiger charge is 2.32. The van der Waals surface area contributed by atoms with Crippen molar-refractivity contribution in [3.05, 3.63) is 52.5 Å². The fourth-order valence-electron chi connectivity index (χ4n) is 4.04. The summed E-state index contributed by atoms with van der Waals surface area (Å²) in [5.41, 5.74) is 1.64. The zero-order valence-corrected chi connectivity index (χ0v) is 19.5. The number of anilines is 2. The molecule has 2 aliphatic heterocycles. The van der Waals surface area contributed by atoms with Crippen LogP contribution in [0.25, 0.3) is 10.2 Å². The standard InChI is InChI=1S/C23H20BrN3O4S/c24-15-6-7-18-19(12-15)32-23(25-18)26(13-17-5-2-10-31-17)22(30)14-3-1-4-16(11-14)27-20(28)8-9-21(27)29/h1,3-4,6-7,11-12,17H,2,5,8-10,13H2. The summed E-state index contributed by atoms with van der Waals surface area (Å²) in [5, 5.41) is 0.595. The van der Waals surface area contributed by atoms with Crippen LogP contribution in [0.4, 0.5) is 10.8 Å².